The number of ether oxygens (including phenoxy) is 1. The molecule has 0 unspecified atom stereocenters. The van der Waals surface area contributed by atoms with E-state index in [1.54, 1.807) is 36.5 Å². The van der Waals surface area contributed by atoms with Gasteiger partial charge in [0.05, 0.1) is 0 Å². The van der Waals surface area contributed by atoms with Crippen LogP contribution in [0.3, 0.4) is 0 Å². The summed E-state index contributed by atoms with van der Waals surface area (Å²) < 4.78 is 23.7. The summed E-state index contributed by atoms with van der Waals surface area (Å²) in [5, 5.41) is 10.6. The Labute approximate surface area is 135 Å². The Hall–Kier alpha value is -3.48. The first-order valence-corrected chi connectivity index (χ1v) is 7.15. The van der Waals surface area contributed by atoms with Crippen molar-refractivity contribution in [3.63, 3.8) is 0 Å². The summed E-state index contributed by atoms with van der Waals surface area (Å²) in [7, 11) is 0. The van der Waals surface area contributed by atoms with Crippen molar-refractivity contribution >= 4 is 0 Å². The fourth-order valence-corrected chi connectivity index (χ4v) is 2.14. The number of hydrogen-bond donors (Lipinski definition) is 1. The number of halogens is 1. The third-order valence-electron chi connectivity index (χ3n) is 3.32. The molecule has 2 aromatic heterocycles. The molecular formula is C17H11FN4O2. The maximum absolute atomic E-state index is 12.9. The van der Waals surface area contributed by atoms with E-state index in [4.69, 9.17) is 9.26 Å². The molecule has 0 amide bonds. The standard InChI is InChI=1S/C17H11FN4O2/c18-12-3-7-14(8-4-12)23-13-5-1-11(2-6-13)16-20-17(24-22-16)15-9-10-19-21-15/h1-10H,(H,19,21). The summed E-state index contributed by atoms with van der Waals surface area (Å²) >= 11 is 0. The lowest BCUT2D eigenvalue weighted by Crippen LogP contribution is -1.86. The molecule has 4 aromatic rings. The molecule has 0 aliphatic carbocycles. The van der Waals surface area contributed by atoms with Gasteiger partial charge in [0.2, 0.25) is 5.82 Å². The highest BCUT2D eigenvalue weighted by molar-refractivity contribution is 5.58. The van der Waals surface area contributed by atoms with Crippen molar-refractivity contribution < 1.29 is 13.7 Å². The zero-order valence-corrected chi connectivity index (χ0v) is 12.3. The Morgan fingerprint density at radius 3 is 2.29 bits per heavy atom. The predicted octanol–water partition coefficient (Wildman–Crippen LogP) is 4.06. The molecule has 0 bridgehead atoms. The molecule has 1 N–H and O–H groups in total. The quantitative estimate of drug-likeness (QED) is 0.613. The van der Waals surface area contributed by atoms with E-state index >= 15 is 0 Å². The van der Waals surface area contributed by atoms with Gasteiger partial charge in [-0.3, -0.25) is 5.10 Å². The van der Waals surface area contributed by atoms with Crippen molar-refractivity contribution in [2.75, 3.05) is 0 Å². The van der Waals surface area contributed by atoms with Crippen LogP contribution in [0.1, 0.15) is 0 Å². The van der Waals surface area contributed by atoms with E-state index in [0.29, 0.717) is 28.9 Å². The lowest BCUT2D eigenvalue weighted by atomic mass is 10.2. The van der Waals surface area contributed by atoms with E-state index in [2.05, 4.69) is 20.3 Å². The first-order chi connectivity index (χ1) is 11.8. The van der Waals surface area contributed by atoms with Crippen LogP contribution in [0.25, 0.3) is 23.0 Å². The van der Waals surface area contributed by atoms with Crippen LogP contribution in [-0.4, -0.2) is 20.3 Å². The average Bonchev–Trinajstić information content (AvgIpc) is 3.29. The van der Waals surface area contributed by atoms with E-state index in [-0.39, 0.29) is 5.82 Å². The summed E-state index contributed by atoms with van der Waals surface area (Å²) in [6, 6.07) is 14.8. The first kappa shape index (κ1) is 14.1. The number of aromatic amines is 1. The smallest absolute Gasteiger partial charge is 0.276 e. The number of H-pyrrole nitrogens is 1. The molecule has 0 aliphatic heterocycles. The molecule has 0 spiro atoms. The Kier molecular flexibility index (Phi) is 3.51. The molecule has 7 heteroatoms. The molecule has 2 aromatic carbocycles. The number of nitrogens with one attached hydrogen (secondary N) is 1. The molecule has 0 saturated carbocycles. The predicted molar refractivity (Wildman–Crippen MR) is 83.8 cm³/mol. The highest BCUT2D eigenvalue weighted by atomic mass is 19.1. The Balaban J connectivity index is 1.52. The second-order valence-electron chi connectivity index (χ2n) is 4.97. The molecule has 0 atom stereocenters. The topological polar surface area (TPSA) is 76.8 Å². The van der Waals surface area contributed by atoms with Crippen LogP contribution in [-0.2, 0) is 0 Å². The van der Waals surface area contributed by atoms with Gasteiger partial charge in [-0.05, 0) is 54.6 Å². The Morgan fingerprint density at radius 2 is 1.62 bits per heavy atom. The van der Waals surface area contributed by atoms with Gasteiger partial charge in [0.25, 0.3) is 5.89 Å². The van der Waals surface area contributed by atoms with Gasteiger partial charge < -0.3 is 9.26 Å². The van der Waals surface area contributed by atoms with Crippen LogP contribution in [0.2, 0.25) is 0 Å². The lowest BCUT2D eigenvalue weighted by molar-refractivity contribution is 0.431. The normalized spacial score (nSPS) is 10.7. The molecular weight excluding hydrogens is 311 g/mol. The molecule has 4 rings (SSSR count). The van der Waals surface area contributed by atoms with Crippen molar-refractivity contribution in [1.82, 2.24) is 20.3 Å². The summed E-state index contributed by atoms with van der Waals surface area (Å²) in [5.41, 5.74) is 1.45. The zero-order chi connectivity index (χ0) is 16.4. The van der Waals surface area contributed by atoms with Crippen molar-refractivity contribution in [3.05, 3.63) is 66.6 Å². The molecule has 0 radical (unpaired) electrons. The monoisotopic (exact) mass is 322 g/mol. The highest BCUT2D eigenvalue weighted by Gasteiger charge is 2.11. The SMILES string of the molecule is Fc1ccc(Oc2ccc(-c3noc(-c4ccn[nH]4)n3)cc2)cc1. The van der Waals surface area contributed by atoms with Crippen LogP contribution in [0.15, 0.2) is 65.3 Å². The fourth-order valence-electron chi connectivity index (χ4n) is 2.14. The minimum absolute atomic E-state index is 0.303. The van der Waals surface area contributed by atoms with Gasteiger partial charge in [0, 0.05) is 11.8 Å². The average molecular weight is 322 g/mol. The lowest BCUT2D eigenvalue weighted by Gasteiger charge is -2.05. The fraction of sp³-hybridized carbons (Fsp3) is 0. The maximum atomic E-state index is 12.9. The van der Waals surface area contributed by atoms with Gasteiger partial charge in [0.15, 0.2) is 0 Å². The number of hydrogen-bond acceptors (Lipinski definition) is 5. The summed E-state index contributed by atoms with van der Waals surface area (Å²) in [6.07, 6.45) is 1.61. The van der Waals surface area contributed by atoms with E-state index in [1.165, 1.54) is 12.1 Å². The summed E-state index contributed by atoms with van der Waals surface area (Å²) in [6.45, 7) is 0. The van der Waals surface area contributed by atoms with E-state index < -0.39 is 0 Å². The molecule has 118 valence electrons. The number of rotatable bonds is 4. The molecule has 24 heavy (non-hydrogen) atoms. The number of nitrogens with zero attached hydrogens (tertiary/aromatic N) is 3. The van der Waals surface area contributed by atoms with Gasteiger partial charge in [-0.25, -0.2) is 4.39 Å². The van der Waals surface area contributed by atoms with Crippen LogP contribution in [0.4, 0.5) is 4.39 Å². The molecule has 6 nitrogen and oxygen atoms in total. The van der Waals surface area contributed by atoms with E-state index in [1.807, 2.05) is 12.1 Å². The number of aromatic nitrogens is 4. The first-order valence-electron chi connectivity index (χ1n) is 7.15. The van der Waals surface area contributed by atoms with Gasteiger partial charge in [-0.1, -0.05) is 5.16 Å². The van der Waals surface area contributed by atoms with Gasteiger partial charge in [0.1, 0.15) is 23.0 Å². The minimum Gasteiger partial charge on any atom is -0.457 e. The van der Waals surface area contributed by atoms with Crippen molar-refractivity contribution in [2.24, 2.45) is 0 Å². The molecule has 0 saturated heterocycles. The number of benzene rings is 2. The van der Waals surface area contributed by atoms with Crippen LogP contribution < -0.4 is 4.74 Å². The summed E-state index contributed by atoms with van der Waals surface area (Å²) in [5.74, 6) is 1.72. The Morgan fingerprint density at radius 1 is 0.917 bits per heavy atom. The minimum atomic E-state index is -0.303. The van der Waals surface area contributed by atoms with Gasteiger partial charge in [-0.15, -0.1) is 0 Å². The summed E-state index contributed by atoms with van der Waals surface area (Å²) in [4.78, 5) is 4.31. The second-order valence-corrected chi connectivity index (χ2v) is 4.97. The van der Waals surface area contributed by atoms with Gasteiger partial charge >= 0.3 is 0 Å². The van der Waals surface area contributed by atoms with E-state index in [0.717, 1.165) is 5.56 Å². The Bertz CT molecular complexity index is 932. The van der Waals surface area contributed by atoms with Crippen molar-refractivity contribution in [1.29, 1.82) is 0 Å². The third-order valence-corrected chi connectivity index (χ3v) is 3.32. The van der Waals surface area contributed by atoms with Crippen LogP contribution in [0.5, 0.6) is 11.5 Å². The maximum Gasteiger partial charge on any atom is 0.276 e. The van der Waals surface area contributed by atoms with Crippen LogP contribution in [0, 0.1) is 5.82 Å². The van der Waals surface area contributed by atoms with Crippen molar-refractivity contribution in [3.8, 4) is 34.5 Å². The third kappa shape index (κ3) is 2.87. The van der Waals surface area contributed by atoms with Gasteiger partial charge in [-0.2, -0.15) is 10.1 Å². The largest absolute Gasteiger partial charge is 0.457 e. The van der Waals surface area contributed by atoms with Crippen LogP contribution >= 0.6 is 0 Å². The second kappa shape index (κ2) is 5.96. The molecule has 0 aliphatic rings. The highest BCUT2D eigenvalue weighted by Crippen LogP contribution is 2.25. The van der Waals surface area contributed by atoms with Crippen molar-refractivity contribution in [2.45, 2.75) is 0 Å². The molecule has 2 heterocycles. The molecule has 0 fully saturated rings. The zero-order valence-electron chi connectivity index (χ0n) is 12.3. The van der Waals surface area contributed by atoms with E-state index in [9.17, 15) is 4.39 Å².